The molecule has 0 spiro atoms. The van der Waals surface area contributed by atoms with Crippen molar-refractivity contribution in [3.05, 3.63) is 17.5 Å². The lowest BCUT2D eigenvalue weighted by atomic mass is 9.81. The van der Waals surface area contributed by atoms with E-state index in [2.05, 4.69) is 81.0 Å². The maximum Gasteiger partial charge on any atom is 0.0829 e. The van der Waals surface area contributed by atoms with Crippen molar-refractivity contribution in [3.63, 3.8) is 0 Å². The predicted molar refractivity (Wildman–Crippen MR) is 177 cm³/mol. The zero-order valence-electron chi connectivity index (χ0n) is 29.1. The minimum atomic E-state index is 0.107. The SMILES string of the molecule is CC(C)C1CCc2c(cnn2C2CCN(C(C)C)CC2)C1.COC1(CN2CCC(C(C)C)CC2)CCN(C(C)C)CC1. The lowest BCUT2D eigenvalue weighted by Gasteiger charge is -2.46. The quantitative estimate of drug-likeness (QED) is 0.331. The molecule has 1 atom stereocenters. The van der Waals surface area contributed by atoms with E-state index in [1.54, 1.807) is 5.69 Å². The van der Waals surface area contributed by atoms with E-state index in [9.17, 15) is 0 Å². The summed E-state index contributed by atoms with van der Waals surface area (Å²) in [7, 11) is 1.92. The van der Waals surface area contributed by atoms with E-state index in [0.29, 0.717) is 18.1 Å². The topological polar surface area (TPSA) is 36.8 Å². The summed E-state index contributed by atoms with van der Waals surface area (Å²) in [4.78, 5) is 7.84. The molecule has 6 nitrogen and oxygen atoms in total. The van der Waals surface area contributed by atoms with Gasteiger partial charge in [0.05, 0.1) is 17.8 Å². The number of methoxy groups -OCH3 is 1. The number of hydrogen-bond donors (Lipinski definition) is 0. The van der Waals surface area contributed by atoms with Gasteiger partial charge in [-0.25, -0.2) is 0 Å². The van der Waals surface area contributed by atoms with E-state index in [4.69, 9.17) is 9.84 Å². The predicted octanol–water partition coefficient (Wildman–Crippen LogP) is 6.93. The number of piperidine rings is 3. The van der Waals surface area contributed by atoms with Gasteiger partial charge in [-0.2, -0.15) is 5.10 Å². The molecule has 3 saturated heterocycles. The van der Waals surface area contributed by atoms with Crippen LogP contribution in [-0.2, 0) is 17.6 Å². The van der Waals surface area contributed by atoms with Gasteiger partial charge < -0.3 is 19.4 Å². The van der Waals surface area contributed by atoms with Gasteiger partial charge in [-0.1, -0.05) is 27.7 Å². The summed E-state index contributed by atoms with van der Waals surface area (Å²) in [6.45, 7) is 27.2. The van der Waals surface area contributed by atoms with Crippen LogP contribution >= 0.6 is 0 Å². The molecule has 5 rings (SSSR count). The first-order valence-corrected chi connectivity index (χ1v) is 17.8. The van der Waals surface area contributed by atoms with Gasteiger partial charge in [0, 0.05) is 57.6 Å². The van der Waals surface area contributed by atoms with Crippen molar-refractivity contribution in [2.75, 3.05) is 52.9 Å². The van der Waals surface area contributed by atoms with Gasteiger partial charge in [0.2, 0.25) is 0 Å². The average Bonchev–Trinajstić information content (AvgIpc) is 3.41. The molecule has 1 aromatic heterocycles. The Morgan fingerprint density at radius 3 is 1.86 bits per heavy atom. The number of rotatable bonds is 8. The first-order valence-electron chi connectivity index (χ1n) is 17.8. The van der Waals surface area contributed by atoms with Gasteiger partial charge in [-0.15, -0.1) is 0 Å². The molecule has 3 fully saturated rings. The van der Waals surface area contributed by atoms with Gasteiger partial charge in [-0.05, 0) is 128 Å². The summed E-state index contributed by atoms with van der Waals surface area (Å²) in [5.74, 6) is 3.44. The molecule has 42 heavy (non-hydrogen) atoms. The Labute approximate surface area is 259 Å². The Morgan fingerprint density at radius 2 is 1.33 bits per heavy atom. The second-order valence-corrected chi connectivity index (χ2v) is 15.5. The summed E-state index contributed by atoms with van der Waals surface area (Å²) in [5, 5.41) is 4.78. The summed E-state index contributed by atoms with van der Waals surface area (Å²) in [6.07, 6.45) is 13.6. The summed E-state index contributed by atoms with van der Waals surface area (Å²) >= 11 is 0. The van der Waals surface area contributed by atoms with Crippen LogP contribution in [0.4, 0.5) is 0 Å². The minimum Gasteiger partial charge on any atom is -0.377 e. The maximum absolute atomic E-state index is 6.02. The smallest absolute Gasteiger partial charge is 0.0829 e. The molecule has 0 amide bonds. The summed E-state index contributed by atoms with van der Waals surface area (Å²) in [6, 6.07) is 1.99. The third-order valence-corrected chi connectivity index (χ3v) is 11.7. The van der Waals surface area contributed by atoms with Crippen LogP contribution < -0.4 is 0 Å². The fourth-order valence-corrected chi connectivity index (χ4v) is 8.17. The highest BCUT2D eigenvalue weighted by atomic mass is 16.5. The number of nitrogens with zero attached hydrogens (tertiary/aromatic N) is 5. The number of likely N-dealkylation sites (tertiary alicyclic amines) is 3. The molecule has 1 unspecified atom stereocenters. The van der Waals surface area contributed by atoms with Crippen molar-refractivity contribution in [1.82, 2.24) is 24.5 Å². The van der Waals surface area contributed by atoms with Crippen molar-refractivity contribution in [1.29, 1.82) is 0 Å². The molecule has 242 valence electrons. The van der Waals surface area contributed by atoms with Crippen LogP contribution in [-0.4, -0.2) is 95.1 Å². The normalized spacial score (nSPS) is 25.3. The van der Waals surface area contributed by atoms with Crippen molar-refractivity contribution >= 4 is 0 Å². The molecule has 0 bridgehead atoms. The lowest BCUT2D eigenvalue weighted by Crippen LogP contribution is -2.54. The Hall–Kier alpha value is -0.950. The van der Waals surface area contributed by atoms with Crippen molar-refractivity contribution in [2.24, 2.45) is 23.7 Å². The Bertz CT molecular complexity index is 915. The lowest BCUT2D eigenvalue weighted by molar-refractivity contribution is -0.0842. The highest BCUT2D eigenvalue weighted by Crippen LogP contribution is 2.34. The highest BCUT2D eigenvalue weighted by Gasteiger charge is 2.37. The molecule has 0 N–H and O–H groups in total. The van der Waals surface area contributed by atoms with Crippen molar-refractivity contribution in [2.45, 2.75) is 137 Å². The van der Waals surface area contributed by atoms with Gasteiger partial charge >= 0.3 is 0 Å². The Kier molecular flexibility index (Phi) is 12.4. The molecule has 6 heteroatoms. The van der Waals surface area contributed by atoms with E-state index in [1.165, 1.54) is 103 Å². The average molecular weight is 586 g/mol. The first kappa shape index (κ1) is 33.9. The fourth-order valence-electron chi connectivity index (χ4n) is 8.17. The van der Waals surface area contributed by atoms with Crippen LogP contribution in [0.1, 0.15) is 118 Å². The molecule has 3 aliphatic heterocycles. The van der Waals surface area contributed by atoms with Crippen molar-refractivity contribution in [3.8, 4) is 0 Å². The van der Waals surface area contributed by atoms with E-state index in [1.807, 2.05) is 7.11 Å². The molecule has 0 radical (unpaired) electrons. The minimum absolute atomic E-state index is 0.107. The molecular formula is C36H67N5O. The largest absolute Gasteiger partial charge is 0.377 e. The van der Waals surface area contributed by atoms with Gasteiger partial charge in [0.15, 0.2) is 0 Å². The van der Waals surface area contributed by atoms with Crippen LogP contribution in [0.5, 0.6) is 0 Å². The zero-order valence-corrected chi connectivity index (χ0v) is 29.1. The van der Waals surface area contributed by atoms with E-state index in [-0.39, 0.29) is 5.60 Å². The molecule has 4 aliphatic rings. The van der Waals surface area contributed by atoms with E-state index >= 15 is 0 Å². The number of hydrogen-bond acceptors (Lipinski definition) is 5. The van der Waals surface area contributed by atoms with E-state index < -0.39 is 0 Å². The van der Waals surface area contributed by atoms with Gasteiger partial charge in [0.1, 0.15) is 0 Å². The Morgan fingerprint density at radius 1 is 0.762 bits per heavy atom. The summed E-state index contributed by atoms with van der Waals surface area (Å²) in [5.41, 5.74) is 3.19. The van der Waals surface area contributed by atoms with Crippen LogP contribution in [0.15, 0.2) is 6.20 Å². The zero-order chi connectivity index (χ0) is 30.4. The number of aromatic nitrogens is 2. The third-order valence-electron chi connectivity index (χ3n) is 11.7. The Balaban J connectivity index is 0.000000193. The van der Waals surface area contributed by atoms with Crippen LogP contribution in [0.3, 0.4) is 0 Å². The van der Waals surface area contributed by atoms with Crippen LogP contribution in [0.25, 0.3) is 0 Å². The molecule has 0 saturated carbocycles. The van der Waals surface area contributed by atoms with E-state index in [0.717, 1.165) is 30.2 Å². The van der Waals surface area contributed by atoms with Crippen molar-refractivity contribution < 1.29 is 4.74 Å². The second-order valence-electron chi connectivity index (χ2n) is 15.5. The first-order chi connectivity index (χ1) is 20.0. The number of ether oxygens (including phenoxy) is 1. The maximum atomic E-state index is 6.02. The van der Waals surface area contributed by atoms with Gasteiger partial charge in [-0.3, -0.25) is 4.68 Å². The highest BCUT2D eigenvalue weighted by molar-refractivity contribution is 5.22. The fraction of sp³-hybridized carbons (Fsp3) is 0.917. The van der Waals surface area contributed by atoms with Crippen LogP contribution in [0, 0.1) is 23.7 Å². The van der Waals surface area contributed by atoms with Gasteiger partial charge in [0.25, 0.3) is 0 Å². The third kappa shape index (κ3) is 8.61. The molecule has 1 aromatic rings. The summed E-state index contributed by atoms with van der Waals surface area (Å²) < 4.78 is 8.41. The second kappa shape index (κ2) is 15.4. The number of fused-ring (bicyclic) bond motifs is 1. The molecule has 0 aromatic carbocycles. The standard InChI is InChI=1S/C18H31N3.C18H36N2O/c1-13(2)15-5-6-18-16(11-15)12-19-21(18)17-7-9-20(10-8-17)14(3)4;1-15(2)17-6-10-19(11-7-17)14-18(21-5)8-12-20(13-9-18)16(3)4/h12-15,17H,5-11H2,1-4H3;15-17H,6-14H2,1-5H3. The monoisotopic (exact) mass is 586 g/mol. The molecule has 1 aliphatic carbocycles. The molecule has 4 heterocycles. The van der Waals surface area contributed by atoms with Crippen LogP contribution in [0.2, 0.25) is 0 Å². The molecular weight excluding hydrogens is 518 g/mol.